The summed E-state index contributed by atoms with van der Waals surface area (Å²) in [7, 11) is 1.44. The molecule has 3 rings (SSSR count). The number of imide groups is 1. The van der Waals surface area contributed by atoms with Gasteiger partial charge in [0.2, 0.25) is 0 Å². The van der Waals surface area contributed by atoms with E-state index >= 15 is 0 Å². The molecule has 0 unspecified atom stereocenters. The average Bonchev–Trinajstić information content (AvgIpc) is 3.12. The highest BCUT2D eigenvalue weighted by molar-refractivity contribution is 9.10. The van der Waals surface area contributed by atoms with E-state index in [-0.39, 0.29) is 18.1 Å². The Labute approximate surface area is 231 Å². The lowest BCUT2D eigenvalue weighted by Gasteiger charge is -2.12. The normalized spacial score (nSPS) is 14.2. The minimum atomic E-state index is -0.632. The van der Waals surface area contributed by atoms with Gasteiger partial charge in [-0.2, -0.15) is 0 Å². The van der Waals surface area contributed by atoms with Gasteiger partial charge in [0.15, 0.2) is 18.1 Å². The molecule has 9 nitrogen and oxygen atoms in total. The Hall–Kier alpha value is -3.02. The van der Waals surface area contributed by atoms with Gasteiger partial charge >= 0.3 is 5.97 Å². The molecule has 2 aromatic rings. The van der Waals surface area contributed by atoms with Crippen LogP contribution in [0.5, 0.6) is 11.5 Å². The minimum absolute atomic E-state index is 0.162. The van der Waals surface area contributed by atoms with E-state index in [1.165, 1.54) is 13.2 Å². The first-order valence-electron chi connectivity index (χ1n) is 11.2. The Morgan fingerprint density at radius 3 is 2.65 bits per heavy atom. The molecule has 0 aliphatic carbocycles. The van der Waals surface area contributed by atoms with E-state index in [0.717, 1.165) is 23.1 Å². The number of rotatable bonds is 11. The zero-order valence-corrected chi connectivity index (χ0v) is 23.2. The van der Waals surface area contributed by atoms with Crippen LogP contribution in [-0.4, -0.2) is 54.8 Å². The summed E-state index contributed by atoms with van der Waals surface area (Å²) >= 11 is 10.1. The molecule has 0 spiro atoms. The molecule has 0 bridgehead atoms. The summed E-state index contributed by atoms with van der Waals surface area (Å²) in [6, 6.07) is 9.86. The van der Waals surface area contributed by atoms with Gasteiger partial charge in [0.1, 0.15) is 6.54 Å². The molecule has 0 radical (unpaired) electrons. The highest BCUT2D eigenvalue weighted by atomic mass is 79.9. The lowest BCUT2D eigenvalue weighted by atomic mass is 10.2. The van der Waals surface area contributed by atoms with Crippen LogP contribution in [0.3, 0.4) is 0 Å². The van der Waals surface area contributed by atoms with Gasteiger partial charge in [0, 0.05) is 10.2 Å². The van der Waals surface area contributed by atoms with Gasteiger partial charge in [0.05, 0.1) is 23.6 Å². The summed E-state index contributed by atoms with van der Waals surface area (Å²) in [6.07, 6.45) is 3.09. The molecule has 1 aliphatic heterocycles. The fourth-order valence-electron chi connectivity index (χ4n) is 3.10. The molecule has 1 N–H and O–H groups in total. The molecule has 1 saturated heterocycles. The topological polar surface area (TPSA) is 111 Å². The van der Waals surface area contributed by atoms with E-state index in [2.05, 4.69) is 21.2 Å². The van der Waals surface area contributed by atoms with Crippen LogP contribution in [0.4, 0.5) is 10.5 Å². The number of amides is 3. The number of thioether (sulfide) groups is 1. The van der Waals surface area contributed by atoms with Crippen LogP contribution in [-0.2, 0) is 19.1 Å². The van der Waals surface area contributed by atoms with Gasteiger partial charge in [-0.1, -0.05) is 31.0 Å². The van der Waals surface area contributed by atoms with E-state index in [1.807, 2.05) is 6.92 Å². The van der Waals surface area contributed by atoms with Crippen LogP contribution >= 0.6 is 39.3 Å². The van der Waals surface area contributed by atoms with Crippen molar-refractivity contribution in [2.45, 2.75) is 19.8 Å². The van der Waals surface area contributed by atoms with Crippen LogP contribution in [0, 0.1) is 0 Å². The first kappa shape index (κ1) is 28.5. The molecule has 0 atom stereocenters. The van der Waals surface area contributed by atoms with Gasteiger partial charge in [0.25, 0.3) is 17.1 Å². The second-order valence-electron chi connectivity index (χ2n) is 7.72. The summed E-state index contributed by atoms with van der Waals surface area (Å²) in [5, 5.41) is 2.60. The molecule has 3 amide bonds. The average molecular weight is 612 g/mol. The third-order valence-electron chi connectivity index (χ3n) is 4.97. The third kappa shape index (κ3) is 7.98. The number of benzene rings is 2. The van der Waals surface area contributed by atoms with Crippen molar-refractivity contribution in [1.82, 2.24) is 4.90 Å². The fourth-order valence-corrected chi connectivity index (χ4v) is 4.37. The van der Waals surface area contributed by atoms with Crippen LogP contribution in [0.25, 0.3) is 6.08 Å². The van der Waals surface area contributed by atoms with Crippen LogP contribution < -0.4 is 14.8 Å². The predicted molar refractivity (Wildman–Crippen MR) is 145 cm³/mol. The smallest absolute Gasteiger partial charge is 0.326 e. The van der Waals surface area contributed by atoms with Gasteiger partial charge < -0.3 is 19.5 Å². The Bertz CT molecular complexity index is 1240. The van der Waals surface area contributed by atoms with Crippen molar-refractivity contribution in [2.75, 3.05) is 32.2 Å². The molecule has 1 heterocycles. The van der Waals surface area contributed by atoms with Crippen molar-refractivity contribution >= 4 is 74.1 Å². The Kier molecular flexibility index (Phi) is 10.4. The predicted octanol–water partition coefficient (Wildman–Crippen LogP) is 5.51. The van der Waals surface area contributed by atoms with Crippen molar-refractivity contribution in [3.8, 4) is 11.5 Å². The summed E-state index contributed by atoms with van der Waals surface area (Å²) in [5.74, 6) is -0.969. The Balaban J connectivity index is 1.62. The number of carbonyl (C=O) groups is 4. The number of hydrogen-bond donors (Lipinski definition) is 1. The molecule has 12 heteroatoms. The van der Waals surface area contributed by atoms with Crippen molar-refractivity contribution < 1.29 is 33.4 Å². The number of esters is 1. The third-order valence-corrected chi connectivity index (χ3v) is 7.11. The maximum absolute atomic E-state index is 12.7. The molecule has 196 valence electrons. The summed E-state index contributed by atoms with van der Waals surface area (Å²) in [5.41, 5.74) is 1.08. The van der Waals surface area contributed by atoms with E-state index in [4.69, 9.17) is 25.8 Å². The number of unbranched alkanes of at least 4 members (excludes halogenated alkanes) is 1. The van der Waals surface area contributed by atoms with Crippen molar-refractivity contribution in [3.05, 3.63) is 56.4 Å². The van der Waals surface area contributed by atoms with Gasteiger partial charge in [-0.25, -0.2) is 0 Å². The summed E-state index contributed by atoms with van der Waals surface area (Å²) in [6.45, 7) is 1.49. The lowest BCUT2D eigenvalue weighted by Crippen LogP contribution is -2.34. The van der Waals surface area contributed by atoms with E-state index in [0.29, 0.717) is 38.7 Å². The Morgan fingerprint density at radius 1 is 1.16 bits per heavy atom. The number of nitrogens with zero attached hydrogens (tertiary/aromatic N) is 1. The van der Waals surface area contributed by atoms with Gasteiger partial charge in [-0.05, 0) is 76.1 Å². The number of hydrogen-bond acceptors (Lipinski definition) is 8. The van der Waals surface area contributed by atoms with E-state index < -0.39 is 29.6 Å². The quantitative estimate of drug-likeness (QED) is 0.201. The maximum atomic E-state index is 12.7. The molecular formula is C25H24BrClN2O7S. The highest BCUT2D eigenvalue weighted by Crippen LogP contribution is 2.34. The van der Waals surface area contributed by atoms with Crippen LogP contribution in [0.2, 0.25) is 5.02 Å². The molecule has 2 aromatic carbocycles. The highest BCUT2D eigenvalue weighted by Gasteiger charge is 2.36. The molecule has 1 fully saturated rings. The molecule has 37 heavy (non-hydrogen) atoms. The largest absolute Gasteiger partial charge is 0.493 e. The molecular weight excluding hydrogens is 588 g/mol. The van der Waals surface area contributed by atoms with Crippen molar-refractivity contribution in [2.24, 2.45) is 0 Å². The van der Waals surface area contributed by atoms with E-state index in [9.17, 15) is 19.2 Å². The summed E-state index contributed by atoms with van der Waals surface area (Å²) in [4.78, 5) is 50.2. The zero-order valence-electron chi connectivity index (χ0n) is 20.0. The molecule has 0 aromatic heterocycles. The fraction of sp³-hybridized carbons (Fsp3) is 0.280. The first-order valence-corrected chi connectivity index (χ1v) is 13.2. The Morgan fingerprint density at radius 2 is 1.95 bits per heavy atom. The number of halogens is 2. The van der Waals surface area contributed by atoms with Crippen LogP contribution in [0.15, 0.2) is 45.8 Å². The second kappa shape index (κ2) is 13.5. The van der Waals surface area contributed by atoms with Gasteiger partial charge in [-0.15, -0.1) is 0 Å². The number of anilines is 1. The summed E-state index contributed by atoms with van der Waals surface area (Å²) < 4.78 is 16.7. The van der Waals surface area contributed by atoms with Crippen molar-refractivity contribution in [3.63, 3.8) is 0 Å². The maximum Gasteiger partial charge on any atom is 0.326 e. The van der Waals surface area contributed by atoms with Crippen LogP contribution in [0.1, 0.15) is 25.3 Å². The number of ether oxygens (including phenoxy) is 3. The monoisotopic (exact) mass is 610 g/mol. The second-order valence-corrected chi connectivity index (χ2v) is 9.97. The minimum Gasteiger partial charge on any atom is -0.493 e. The number of methoxy groups -OCH3 is 1. The molecule has 0 saturated carbocycles. The van der Waals surface area contributed by atoms with Crippen molar-refractivity contribution in [1.29, 1.82) is 0 Å². The van der Waals surface area contributed by atoms with E-state index in [1.54, 1.807) is 36.4 Å². The number of nitrogens with one attached hydrogen (secondary N) is 1. The SMILES string of the molecule is CCCCOC(=O)CN1C(=O)S/C(=C/c2ccc(OCC(=O)Nc3ccc(Br)c(Cl)c3)c(OC)c2)C1=O. The zero-order chi connectivity index (χ0) is 26.9. The first-order chi connectivity index (χ1) is 17.7. The molecule has 1 aliphatic rings. The lowest BCUT2D eigenvalue weighted by molar-refractivity contribution is -0.146. The standard InChI is InChI=1S/C25H24BrClN2O7S/c1-3-4-9-35-23(31)13-29-24(32)21(37-25(29)33)11-15-5-8-19(20(10-15)34-2)36-14-22(30)28-16-6-7-17(26)18(27)12-16/h5-8,10-12H,3-4,9,13-14H2,1-2H3,(H,28,30)/b21-11+. The number of carbonyl (C=O) groups excluding carboxylic acids is 4. The van der Waals surface area contributed by atoms with Gasteiger partial charge in [-0.3, -0.25) is 24.1 Å².